The maximum Gasteiger partial charge on any atom is 0.117 e. The highest BCUT2D eigenvalue weighted by Crippen LogP contribution is 2.02. The van der Waals surface area contributed by atoms with Crippen molar-refractivity contribution in [2.75, 3.05) is 0 Å². The number of hydrogen-bond donors (Lipinski definition) is 1. The van der Waals surface area contributed by atoms with Crippen molar-refractivity contribution < 1.29 is 4.39 Å². The summed E-state index contributed by atoms with van der Waals surface area (Å²) in [6, 6.07) is -0.512. The smallest absolute Gasteiger partial charge is 0.117 e. The van der Waals surface area contributed by atoms with E-state index in [9.17, 15) is 4.39 Å². The molecule has 1 heterocycles. The summed E-state index contributed by atoms with van der Waals surface area (Å²) in [5.41, 5.74) is 5.54. The summed E-state index contributed by atoms with van der Waals surface area (Å²) >= 11 is 0. The molecule has 12 heavy (non-hydrogen) atoms. The zero-order valence-corrected chi connectivity index (χ0v) is 7.02. The van der Waals surface area contributed by atoms with Gasteiger partial charge in [0.05, 0.1) is 25.0 Å². The van der Waals surface area contributed by atoms with Crippen LogP contribution < -0.4 is 5.73 Å². The van der Waals surface area contributed by atoms with Crippen molar-refractivity contribution in [3.05, 3.63) is 12.4 Å². The van der Waals surface area contributed by atoms with Gasteiger partial charge in [0.1, 0.15) is 6.17 Å². The van der Waals surface area contributed by atoms with Gasteiger partial charge >= 0.3 is 0 Å². The van der Waals surface area contributed by atoms with Gasteiger partial charge in [0.25, 0.3) is 0 Å². The van der Waals surface area contributed by atoms with Gasteiger partial charge < -0.3 is 5.73 Å². The van der Waals surface area contributed by atoms with Gasteiger partial charge in [-0.15, -0.1) is 0 Å². The van der Waals surface area contributed by atoms with E-state index in [0.29, 0.717) is 13.0 Å². The third-order valence-electron chi connectivity index (χ3n) is 1.70. The first-order valence-corrected chi connectivity index (χ1v) is 3.97. The van der Waals surface area contributed by atoms with E-state index in [1.807, 2.05) is 0 Å². The predicted molar refractivity (Wildman–Crippen MR) is 43.2 cm³/mol. The maximum atomic E-state index is 12.9. The number of alkyl halides is 1. The Kier molecular flexibility index (Phi) is 3.16. The molecule has 0 saturated heterocycles. The topological polar surface area (TPSA) is 56.7 Å². The standard InChI is InChI=1S/C7H13FN4/c1-2-6(8)7(9)5-12-10-3-4-11-12/h3-4,6-7H,2,5,9H2,1H3/t6-,7-/m1/s1. The molecule has 1 rings (SSSR count). The monoisotopic (exact) mass is 172 g/mol. The van der Waals surface area contributed by atoms with E-state index in [-0.39, 0.29) is 0 Å². The van der Waals surface area contributed by atoms with Gasteiger partial charge in [-0.2, -0.15) is 15.0 Å². The highest BCUT2D eigenvalue weighted by atomic mass is 19.1. The average Bonchev–Trinajstić information content (AvgIpc) is 2.55. The van der Waals surface area contributed by atoms with E-state index in [1.54, 1.807) is 19.3 Å². The number of nitrogens with zero attached hydrogens (tertiary/aromatic N) is 3. The van der Waals surface area contributed by atoms with Crippen molar-refractivity contribution in [3.8, 4) is 0 Å². The average molecular weight is 172 g/mol. The third-order valence-corrected chi connectivity index (χ3v) is 1.70. The lowest BCUT2D eigenvalue weighted by Gasteiger charge is -2.13. The summed E-state index contributed by atoms with van der Waals surface area (Å²) < 4.78 is 12.9. The number of aromatic nitrogens is 3. The van der Waals surface area contributed by atoms with Crippen LogP contribution in [0.25, 0.3) is 0 Å². The van der Waals surface area contributed by atoms with Gasteiger partial charge in [0.15, 0.2) is 0 Å². The van der Waals surface area contributed by atoms with Gasteiger partial charge in [-0.25, -0.2) is 4.39 Å². The largest absolute Gasteiger partial charge is 0.324 e. The van der Waals surface area contributed by atoms with Crippen LogP contribution in [0.15, 0.2) is 12.4 Å². The summed E-state index contributed by atoms with van der Waals surface area (Å²) in [7, 11) is 0. The highest BCUT2D eigenvalue weighted by Gasteiger charge is 2.15. The normalized spacial score (nSPS) is 15.9. The predicted octanol–water partition coefficient (Wildman–Crippen LogP) is 0.353. The summed E-state index contributed by atoms with van der Waals surface area (Å²) in [5, 5.41) is 7.66. The lowest BCUT2D eigenvalue weighted by molar-refractivity contribution is 0.245. The quantitative estimate of drug-likeness (QED) is 0.713. The molecule has 2 N–H and O–H groups in total. The van der Waals surface area contributed by atoms with Gasteiger partial charge in [-0.1, -0.05) is 6.92 Å². The van der Waals surface area contributed by atoms with Crippen LogP contribution >= 0.6 is 0 Å². The van der Waals surface area contributed by atoms with Crippen molar-refractivity contribution in [2.24, 2.45) is 5.73 Å². The molecule has 0 unspecified atom stereocenters. The molecular formula is C7H13FN4. The molecule has 2 atom stereocenters. The molecule has 1 aromatic rings. The maximum absolute atomic E-state index is 12.9. The van der Waals surface area contributed by atoms with Crippen LogP contribution in [0.3, 0.4) is 0 Å². The molecular weight excluding hydrogens is 159 g/mol. The second kappa shape index (κ2) is 4.15. The minimum atomic E-state index is -0.976. The first kappa shape index (κ1) is 9.12. The van der Waals surface area contributed by atoms with Crippen LogP contribution in [0, 0.1) is 0 Å². The molecule has 0 aliphatic heterocycles. The fraction of sp³-hybridized carbons (Fsp3) is 0.714. The van der Waals surface area contributed by atoms with Crippen LogP contribution in [0.5, 0.6) is 0 Å². The Hall–Kier alpha value is -0.970. The molecule has 0 amide bonds. The van der Waals surface area contributed by atoms with Gasteiger partial charge in [-0.3, -0.25) is 0 Å². The van der Waals surface area contributed by atoms with E-state index in [4.69, 9.17) is 5.73 Å². The van der Waals surface area contributed by atoms with Crippen LogP contribution in [-0.2, 0) is 6.54 Å². The minimum Gasteiger partial charge on any atom is -0.324 e. The van der Waals surface area contributed by atoms with Gasteiger partial charge in [-0.05, 0) is 6.42 Å². The fourth-order valence-corrected chi connectivity index (χ4v) is 0.943. The number of hydrogen-bond acceptors (Lipinski definition) is 3. The summed E-state index contributed by atoms with van der Waals surface area (Å²) in [6.45, 7) is 2.10. The third kappa shape index (κ3) is 2.27. The highest BCUT2D eigenvalue weighted by molar-refractivity contribution is 4.71. The molecule has 1 aromatic heterocycles. The first-order chi connectivity index (χ1) is 5.74. The zero-order chi connectivity index (χ0) is 8.97. The zero-order valence-electron chi connectivity index (χ0n) is 7.02. The SMILES string of the molecule is CC[C@@H](F)[C@H](N)Cn1nccn1. The van der Waals surface area contributed by atoms with Crippen LogP contribution in [0.1, 0.15) is 13.3 Å². The minimum absolute atomic E-state index is 0.335. The van der Waals surface area contributed by atoms with Crippen molar-refractivity contribution in [1.29, 1.82) is 0 Å². The Balaban J connectivity index is 2.41. The molecule has 5 heteroatoms. The molecule has 4 nitrogen and oxygen atoms in total. The molecule has 68 valence electrons. The van der Waals surface area contributed by atoms with Crippen LogP contribution in [-0.4, -0.2) is 27.2 Å². The lowest BCUT2D eigenvalue weighted by Crippen LogP contribution is -2.36. The Labute approximate surface area is 70.6 Å². The van der Waals surface area contributed by atoms with Gasteiger partial charge in [0.2, 0.25) is 0 Å². The second-order valence-corrected chi connectivity index (χ2v) is 2.67. The molecule has 0 aromatic carbocycles. The molecule has 0 aliphatic carbocycles. The Morgan fingerprint density at radius 2 is 2.08 bits per heavy atom. The van der Waals surface area contributed by atoms with Crippen molar-refractivity contribution in [1.82, 2.24) is 15.0 Å². The van der Waals surface area contributed by atoms with Crippen molar-refractivity contribution in [3.63, 3.8) is 0 Å². The van der Waals surface area contributed by atoms with E-state index in [2.05, 4.69) is 10.2 Å². The van der Waals surface area contributed by atoms with Crippen molar-refractivity contribution >= 4 is 0 Å². The molecule has 0 saturated carbocycles. The van der Waals surface area contributed by atoms with Gasteiger partial charge in [0, 0.05) is 0 Å². The van der Waals surface area contributed by atoms with E-state index < -0.39 is 12.2 Å². The van der Waals surface area contributed by atoms with E-state index >= 15 is 0 Å². The summed E-state index contributed by atoms with van der Waals surface area (Å²) in [4.78, 5) is 1.40. The fourth-order valence-electron chi connectivity index (χ4n) is 0.943. The Bertz CT molecular complexity index is 211. The number of nitrogens with two attached hydrogens (primary N) is 1. The van der Waals surface area contributed by atoms with E-state index in [1.165, 1.54) is 4.80 Å². The number of halogens is 1. The molecule has 0 bridgehead atoms. The second-order valence-electron chi connectivity index (χ2n) is 2.67. The summed E-state index contributed by atoms with van der Waals surface area (Å²) in [5.74, 6) is 0. The number of rotatable bonds is 4. The Morgan fingerprint density at radius 1 is 1.50 bits per heavy atom. The molecule has 0 fully saturated rings. The molecule has 0 radical (unpaired) electrons. The van der Waals surface area contributed by atoms with Crippen LogP contribution in [0.4, 0.5) is 4.39 Å². The Morgan fingerprint density at radius 3 is 2.58 bits per heavy atom. The molecule has 0 spiro atoms. The van der Waals surface area contributed by atoms with Crippen LogP contribution in [0.2, 0.25) is 0 Å². The summed E-state index contributed by atoms with van der Waals surface area (Å²) in [6.07, 6.45) is 2.55. The van der Waals surface area contributed by atoms with E-state index in [0.717, 1.165) is 0 Å². The first-order valence-electron chi connectivity index (χ1n) is 3.97. The lowest BCUT2D eigenvalue weighted by atomic mass is 10.1. The van der Waals surface area contributed by atoms with Crippen molar-refractivity contribution in [2.45, 2.75) is 32.1 Å². The molecule has 0 aliphatic rings.